The van der Waals surface area contributed by atoms with E-state index in [1.165, 1.54) is 4.90 Å². The molecule has 53 heavy (non-hydrogen) atoms. The fourth-order valence-electron chi connectivity index (χ4n) is 8.68. The summed E-state index contributed by atoms with van der Waals surface area (Å²) in [5, 5.41) is 1.03. The molecule has 9 heteroatoms. The number of hydrogen-bond acceptors (Lipinski definition) is 7. The van der Waals surface area contributed by atoms with Gasteiger partial charge in [0.1, 0.15) is 12.4 Å². The van der Waals surface area contributed by atoms with Crippen LogP contribution >= 0.6 is 11.6 Å². The number of hydrogen-bond donors (Lipinski definition) is 0. The summed E-state index contributed by atoms with van der Waals surface area (Å²) in [7, 11) is 0. The quantitative estimate of drug-likeness (QED) is 0.0651. The van der Waals surface area contributed by atoms with Crippen molar-refractivity contribution < 1.29 is 28.7 Å². The van der Waals surface area contributed by atoms with Crippen LogP contribution in [0.15, 0.2) is 109 Å². The van der Waals surface area contributed by atoms with Crippen molar-refractivity contribution in [3.63, 3.8) is 0 Å². The van der Waals surface area contributed by atoms with E-state index < -0.39 is 12.1 Å². The average Bonchev–Trinajstić information content (AvgIpc) is 3.97. The van der Waals surface area contributed by atoms with Gasteiger partial charge in [0.2, 0.25) is 17.6 Å². The molecule has 7 unspecified atom stereocenters. The summed E-state index contributed by atoms with van der Waals surface area (Å²) < 4.78 is 11.6. The molecule has 2 amide bonds. The predicted molar refractivity (Wildman–Crippen MR) is 201 cm³/mol. The van der Waals surface area contributed by atoms with Gasteiger partial charge in [0.25, 0.3) is 0 Å². The topological polar surface area (TPSA) is 103 Å². The van der Waals surface area contributed by atoms with Gasteiger partial charge in [0.05, 0.1) is 34.3 Å². The van der Waals surface area contributed by atoms with Crippen molar-refractivity contribution in [1.82, 2.24) is 4.98 Å². The summed E-state index contributed by atoms with van der Waals surface area (Å²) in [5.74, 6) is 0.133. The monoisotopic (exact) mass is 722 g/mol. The van der Waals surface area contributed by atoms with Gasteiger partial charge < -0.3 is 9.47 Å². The van der Waals surface area contributed by atoms with E-state index in [9.17, 15) is 19.2 Å². The first-order chi connectivity index (χ1) is 25.7. The number of rotatable bonds is 9. The van der Waals surface area contributed by atoms with Gasteiger partial charge >= 0.3 is 5.97 Å². The number of nitrogens with zero attached hydrogens (tertiary/aromatic N) is 2. The number of fused-ring (bicyclic) bond motifs is 1. The highest BCUT2D eigenvalue weighted by molar-refractivity contribution is 6.32. The van der Waals surface area contributed by atoms with Crippen LogP contribution in [0.5, 0.6) is 5.75 Å². The Balaban J connectivity index is 0.948. The van der Waals surface area contributed by atoms with E-state index >= 15 is 0 Å². The lowest BCUT2D eigenvalue weighted by molar-refractivity contribution is -0.124. The number of carbonyl (C=O) groups is 4. The molecule has 3 fully saturated rings. The summed E-state index contributed by atoms with van der Waals surface area (Å²) in [6.07, 6.45) is 4.36. The Hall–Kier alpha value is -5.60. The third kappa shape index (κ3) is 5.64. The molecule has 5 aromatic rings. The lowest BCUT2D eigenvalue weighted by Gasteiger charge is -2.37. The standard InChI is InChI=1S/C44H35ClN2O6/c1-23-36(45)19-18-32-35(44(51)53-24(2)41(48)27-10-14-29(15-11-27)52-22-25-6-4-3-5-7-25)21-37(46-40(23)32)26-8-12-28(13-9-26)47-42(49)38-30-16-17-31(34-20-33(30)34)39(38)43(47)50/h3-19,21,24,30-31,33-34,38-39H,20,22H2,1-2H3. The Bertz CT molecular complexity index is 2320. The maximum atomic E-state index is 13.8. The fraction of sp³-hybridized carbons (Fsp3) is 0.250. The first-order valence-corrected chi connectivity index (χ1v) is 18.3. The molecule has 4 aliphatic carbocycles. The summed E-state index contributed by atoms with van der Waals surface area (Å²) in [4.78, 5) is 60.8. The molecule has 0 N–H and O–H groups in total. The van der Waals surface area contributed by atoms with Gasteiger partial charge in [-0.25, -0.2) is 9.78 Å². The minimum atomic E-state index is -1.08. The normalized spacial score (nSPS) is 24.2. The number of Topliss-reactive ketones (excluding diaryl/α,β-unsaturated/α-hetero) is 1. The Morgan fingerprint density at radius 3 is 2.19 bits per heavy atom. The van der Waals surface area contributed by atoms with Gasteiger partial charge in [-0.15, -0.1) is 0 Å². The van der Waals surface area contributed by atoms with Crippen LogP contribution in [0, 0.1) is 42.4 Å². The van der Waals surface area contributed by atoms with E-state index in [-0.39, 0.29) is 46.8 Å². The zero-order chi connectivity index (χ0) is 36.5. The number of anilines is 1. The van der Waals surface area contributed by atoms with E-state index in [4.69, 9.17) is 26.1 Å². The number of halogens is 1. The Morgan fingerprint density at radius 2 is 1.53 bits per heavy atom. The Morgan fingerprint density at radius 1 is 0.868 bits per heavy atom. The van der Waals surface area contributed by atoms with E-state index in [0.29, 0.717) is 68.2 Å². The van der Waals surface area contributed by atoms with Crippen molar-refractivity contribution in [3.8, 4) is 17.0 Å². The fourth-order valence-corrected chi connectivity index (χ4v) is 8.83. The molecule has 0 radical (unpaired) electrons. The number of imide groups is 1. The van der Waals surface area contributed by atoms with Crippen LogP contribution < -0.4 is 9.64 Å². The number of ketones is 1. The zero-order valence-corrected chi connectivity index (χ0v) is 29.8. The summed E-state index contributed by atoms with van der Waals surface area (Å²) in [5.41, 5.74) is 4.52. The van der Waals surface area contributed by atoms with E-state index in [1.54, 1.807) is 73.7 Å². The average molecular weight is 723 g/mol. The molecule has 1 aliphatic heterocycles. The molecule has 264 valence electrons. The number of amides is 2. The molecule has 2 saturated carbocycles. The number of carbonyl (C=O) groups excluding carboxylic acids is 4. The largest absolute Gasteiger partial charge is 0.489 e. The highest BCUT2D eigenvalue weighted by Gasteiger charge is 2.67. The van der Waals surface area contributed by atoms with E-state index in [1.807, 2.05) is 37.3 Å². The highest BCUT2D eigenvalue weighted by atomic mass is 35.5. The van der Waals surface area contributed by atoms with Gasteiger partial charge in [0, 0.05) is 21.5 Å². The molecule has 5 aliphatic rings. The third-order valence-corrected chi connectivity index (χ3v) is 11.9. The number of aromatic nitrogens is 1. The number of esters is 1. The first-order valence-electron chi connectivity index (χ1n) is 18.0. The maximum Gasteiger partial charge on any atom is 0.339 e. The highest BCUT2D eigenvalue weighted by Crippen LogP contribution is 2.65. The molecule has 1 saturated heterocycles. The van der Waals surface area contributed by atoms with Crippen molar-refractivity contribution in [1.29, 1.82) is 0 Å². The van der Waals surface area contributed by atoms with Crippen molar-refractivity contribution >= 4 is 51.8 Å². The minimum absolute atomic E-state index is 0.118. The Labute approximate surface area is 311 Å². The lowest BCUT2D eigenvalue weighted by Crippen LogP contribution is -2.40. The molecule has 4 aromatic carbocycles. The molecular formula is C44H35ClN2O6. The van der Waals surface area contributed by atoms with Crippen molar-refractivity contribution in [2.75, 3.05) is 4.90 Å². The molecule has 2 bridgehead atoms. The van der Waals surface area contributed by atoms with Crippen LogP contribution in [0.1, 0.15) is 45.2 Å². The SMILES string of the molecule is Cc1c(Cl)ccc2c(C(=O)OC(C)C(=O)c3ccc(OCc4ccccc4)cc3)cc(-c3ccc(N4C(=O)C5C6C=CC(C7CC67)C5C4=O)cc3)nc12. The molecule has 8 nitrogen and oxygen atoms in total. The van der Waals surface area contributed by atoms with E-state index in [2.05, 4.69) is 12.2 Å². The van der Waals surface area contributed by atoms with Crippen LogP contribution in [0.4, 0.5) is 5.69 Å². The number of aryl methyl sites for hydroxylation is 1. The number of allylic oxidation sites excluding steroid dienone is 2. The maximum absolute atomic E-state index is 13.8. The third-order valence-electron chi connectivity index (χ3n) is 11.5. The number of ether oxygens (including phenoxy) is 2. The van der Waals surface area contributed by atoms with Gasteiger partial charge in [-0.1, -0.05) is 72.3 Å². The van der Waals surface area contributed by atoms with Crippen LogP contribution in [0.3, 0.4) is 0 Å². The van der Waals surface area contributed by atoms with Gasteiger partial charge in [0.15, 0.2) is 6.10 Å². The Kier molecular flexibility index (Phi) is 8.04. The van der Waals surface area contributed by atoms with E-state index in [0.717, 1.165) is 12.0 Å². The number of benzene rings is 4. The van der Waals surface area contributed by atoms with Crippen molar-refractivity contribution in [2.24, 2.45) is 35.5 Å². The van der Waals surface area contributed by atoms with Gasteiger partial charge in [-0.3, -0.25) is 19.3 Å². The van der Waals surface area contributed by atoms with Crippen LogP contribution in [0.2, 0.25) is 5.02 Å². The number of pyridine rings is 1. The van der Waals surface area contributed by atoms with Gasteiger partial charge in [-0.05, 0) is 104 Å². The molecule has 1 aromatic heterocycles. The zero-order valence-electron chi connectivity index (χ0n) is 29.1. The van der Waals surface area contributed by atoms with Gasteiger partial charge in [-0.2, -0.15) is 0 Å². The molecule has 0 spiro atoms. The molecule has 7 atom stereocenters. The van der Waals surface area contributed by atoms with Crippen LogP contribution in [-0.4, -0.2) is 34.7 Å². The summed E-state index contributed by atoms with van der Waals surface area (Å²) in [6.45, 7) is 3.78. The second-order valence-corrected chi connectivity index (χ2v) is 15.0. The first kappa shape index (κ1) is 33.3. The van der Waals surface area contributed by atoms with Crippen LogP contribution in [-0.2, 0) is 20.9 Å². The predicted octanol–water partition coefficient (Wildman–Crippen LogP) is 8.43. The lowest BCUT2D eigenvalue weighted by atomic mass is 9.63. The van der Waals surface area contributed by atoms with Crippen molar-refractivity contribution in [2.45, 2.75) is 33.0 Å². The van der Waals surface area contributed by atoms with Crippen molar-refractivity contribution in [3.05, 3.63) is 136 Å². The summed E-state index contributed by atoms with van der Waals surface area (Å²) in [6, 6.07) is 28.7. The second-order valence-electron chi connectivity index (χ2n) is 14.5. The molecular weight excluding hydrogens is 688 g/mol. The molecule has 2 heterocycles. The molecule has 10 rings (SSSR count). The summed E-state index contributed by atoms with van der Waals surface area (Å²) >= 11 is 6.50. The minimum Gasteiger partial charge on any atom is -0.489 e. The smallest absolute Gasteiger partial charge is 0.339 e. The van der Waals surface area contributed by atoms with Crippen LogP contribution in [0.25, 0.3) is 22.2 Å². The second kappa shape index (κ2) is 12.8.